The summed E-state index contributed by atoms with van der Waals surface area (Å²) in [5, 5.41) is 14.4. The molecule has 1 fully saturated rings. The van der Waals surface area contributed by atoms with Crippen molar-refractivity contribution in [1.29, 1.82) is 5.26 Å². The first-order valence-electron chi connectivity index (χ1n) is 11.6. The smallest absolute Gasteiger partial charge is 0.242 e. The number of nitrogens with two attached hydrogens (primary N) is 1. The molecule has 4 N–H and O–H groups in total. The van der Waals surface area contributed by atoms with Crippen LogP contribution >= 0.6 is 0 Å². The highest BCUT2D eigenvalue weighted by molar-refractivity contribution is 5.90. The molecule has 1 aliphatic heterocycles. The lowest BCUT2D eigenvalue weighted by Gasteiger charge is -2.26. The number of nitriles is 1. The molecule has 11 heteroatoms. The summed E-state index contributed by atoms with van der Waals surface area (Å²) >= 11 is 0. The van der Waals surface area contributed by atoms with Gasteiger partial charge in [-0.15, -0.1) is 0 Å². The zero-order valence-electron chi connectivity index (χ0n) is 20.1. The third-order valence-electron chi connectivity index (χ3n) is 5.86. The van der Waals surface area contributed by atoms with Crippen LogP contribution < -0.4 is 16.4 Å². The SMILES string of the molecule is CC(C)CC(N)C(=O)NC(C)C(=O)N[C@@H](CC(=O)N1CCCC1C#N)Cc1cc(F)c(F)cc1F. The number of amides is 3. The van der Waals surface area contributed by atoms with Crippen LogP contribution in [0.3, 0.4) is 0 Å². The van der Waals surface area contributed by atoms with Gasteiger partial charge < -0.3 is 21.3 Å². The molecule has 1 aromatic rings. The number of likely N-dealkylation sites (tertiary alicyclic amines) is 1. The molecule has 1 aromatic carbocycles. The van der Waals surface area contributed by atoms with E-state index in [4.69, 9.17) is 5.73 Å². The molecule has 0 saturated carbocycles. The number of hydrogen-bond acceptors (Lipinski definition) is 5. The van der Waals surface area contributed by atoms with Gasteiger partial charge in [0.2, 0.25) is 17.7 Å². The van der Waals surface area contributed by atoms with Crippen LogP contribution in [0.1, 0.15) is 52.0 Å². The highest BCUT2D eigenvalue weighted by Crippen LogP contribution is 2.20. The summed E-state index contributed by atoms with van der Waals surface area (Å²) < 4.78 is 41.3. The molecule has 0 radical (unpaired) electrons. The molecule has 1 aliphatic rings. The zero-order valence-corrected chi connectivity index (χ0v) is 20.1. The number of hydrogen-bond donors (Lipinski definition) is 3. The normalized spacial score (nSPS) is 18.0. The number of nitrogens with zero attached hydrogens (tertiary/aromatic N) is 2. The van der Waals surface area contributed by atoms with Gasteiger partial charge in [0.1, 0.15) is 17.9 Å². The van der Waals surface area contributed by atoms with E-state index in [9.17, 15) is 32.8 Å². The van der Waals surface area contributed by atoms with Crippen molar-refractivity contribution < 1.29 is 27.6 Å². The van der Waals surface area contributed by atoms with Crippen LogP contribution in [0.25, 0.3) is 0 Å². The molecule has 1 saturated heterocycles. The van der Waals surface area contributed by atoms with Gasteiger partial charge >= 0.3 is 0 Å². The maximum absolute atomic E-state index is 14.3. The van der Waals surface area contributed by atoms with Gasteiger partial charge in [-0.1, -0.05) is 13.8 Å². The third-order valence-corrected chi connectivity index (χ3v) is 5.86. The summed E-state index contributed by atoms with van der Waals surface area (Å²) in [7, 11) is 0. The predicted octanol–water partition coefficient (Wildman–Crippen LogP) is 1.91. The fraction of sp³-hybridized carbons (Fsp3) is 0.583. The Morgan fingerprint density at radius 1 is 1.11 bits per heavy atom. The van der Waals surface area contributed by atoms with E-state index in [-0.39, 0.29) is 24.3 Å². The number of benzene rings is 1. The minimum absolute atomic E-state index is 0.170. The lowest BCUT2D eigenvalue weighted by atomic mass is 10.0. The maximum atomic E-state index is 14.3. The van der Waals surface area contributed by atoms with Gasteiger partial charge in [0.05, 0.1) is 12.1 Å². The van der Waals surface area contributed by atoms with Crippen LogP contribution in [-0.4, -0.2) is 53.3 Å². The Balaban J connectivity index is 2.16. The van der Waals surface area contributed by atoms with E-state index in [1.54, 1.807) is 0 Å². The summed E-state index contributed by atoms with van der Waals surface area (Å²) in [6, 6.07) is -0.299. The average Bonchev–Trinajstić information content (AvgIpc) is 3.25. The van der Waals surface area contributed by atoms with Crippen molar-refractivity contribution in [2.45, 2.75) is 77.0 Å². The summed E-state index contributed by atoms with van der Waals surface area (Å²) in [6.07, 6.45) is 0.993. The molecule has 35 heavy (non-hydrogen) atoms. The van der Waals surface area contributed by atoms with Gasteiger partial charge in [-0.05, 0) is 50.2 Å². The molecular formula is C24H32F3N5O3. The van der Waals surface area contributed by atoms with Crippen molar-refractivity contribution >= 4 is 17.7 Å². The Morgan fingerprint density at radius 3 is 2.40 bits per heavy atom. The fourth-order valence-electron chi connectivity index (χ4n) is 4.01. The second-order valence-corrected chi connectivity index (χ2v) is 9.31. The summed E-state index contributed by atoms with van der Waals surface area (Å²) in [6.45, 7) is 5.61. The first kappa shape index (κ1) is 28.1. The number of nitrogens with one attached hydrogen (secondary N) is 2. The van der Waals surface area contributed by atoms with Crippen molar-refractivity contribution in [3.05, 3.63) is 35.1 Å². The largest absolute Gasteiger partial charge is 0.351 e. The first-order valence-corrected chi connectivity index (χ1v) is 11.6. The topological polar surface area (TPSA) is 128 Å². The molecule has 0 spiro atoms. The molecule has 4 atom stereocenters. The summed E-state index contributed by atoms with van der Waals surface area (Å²) in [5.41, 5.74) is 5.62. The van der Waals surface area contributed by atoms with E-state index < -0.39 is 59.3 Å². The Kier molecular flexibility index (Phi) is 10.1. The first-order chi connectivity index (χ1) is 16.4. The Morgan fingerprint density at radius 2 is 1.77 bits per heavy atom. The van der Waals surface area contributed by atoms with Crippen LogP contribution in [-0.2, 0) is 20.8 Å². The Labute approximate surface area is 203 Å². The average molecular weight is 496 g/mol. The number of carbonyl (C=O) groups is 3. The van der Waals surface area contributed by atoms with E-state index in [0.29, 0.717) is 37.9 Å². The number of rotatable bonds is 10. The quantitative estimate of drug-likeness (QED) is 0.427. The minimum Gasteiger partial charge on any atom is -0.351 e. The minimum atomic E-state index is -1.36. The predicted molar refractivity (Wildman–Crippen MR) is 122 cm³/mol. The highest BCUT2D eigenvalue weighted by Gasteiger charge is 2.31. The van der Waals surface area contributed by atoms with Crippen molar-refractivity contribution in [1.82, 2.24) is 15.5 Å². The number of halogens is 3. The van der Waals surface area contributed by atoms with Gasteiger partial charge in [0.25, 0.3) is 0 Å². The second kappa shape index (κ2) is 12.5. The third kappa shape index (κ3) is 7.96. The molecule has 3 amide bonds. The summed E-state index contributed by atoms with van der Waals surface area (Å²) in [5.74, 6) is -5.08. The van der Waals surface area contributed by atoms with Gasteiger partial charge in [0, 0.05) is 25.1 Å². The van der Waals surface area contributed by atoms with Crippen LogP contribution in [0, 0.1) is 34.7 Å². The highest BCUT2D eigenvalue weighted by atomic mass is 19.2. The van der Waals surface area contributed by atoms with Crippen molar-refractivity contribution in [2.24, 2.45) is 11.7 Å². The number of carbonyl (C=O) groups excluding carboxylic acids is 3. The van der Waals surface area contributed by atoms with Gasteiger partial charge in [-0.25, -0.2) is 13.2 Å². The maximum Gasteiger partial charge on any atom is 0.242 e. The van der Waals surface area contributed by atoms with E-state index in [2.05, 4.69) is 16.7 Å². The van der Waals surface area contributed by atoms with Crippen LogP contribution in [0.2, 0.25) is 0 Å². The molecule has 1 heterocycles. The van der Waals surface area contributed by atoms with E-state index in [0.717, 1.165) is 0 Å². The van der Waals surface area contributed by atoms with Crippen molar-refractivity contribution in [2.75, 3.05) is 6.54 Å². The van der Waals surface area contributed by atoms with E-state index in [1.165, 1.54) is 11.8 Å². The zero-order chi connectivity index (χ0) is 26.3. The molecule has 2 rings (SSSR count). The van der Waals surface area contributed by atoms with Gasteiger partial charge in [0.15, 0.2) is 11.6 Å². The van der Waals surface area contributed by atoms with E-state index >= 15 is 0 Å². The van der Waals surface area contributed by atoms with Crippen LogP contribution in [0.15, 0.2) is 12.1 Å². The Bertz CT molecular complexity index is 982. The second-order valence-electron chi connectivity index (χ2n) is 9.31. The van der Waals surface area contributed by atoms with Crippen LogP contribution in [0.5, 0.6) is 0 Å². The van der Waals surface area contributed by atoms with Gasteiger partial charge in [-0.2, -0.15) is 5.26 Å². The monoisotopic (exact) mass is 495 g/mol. The Hall–Kier alpha value is -3.13. The fourth-order valence-corrected chi connectivity index (χ4v) is 4.01. The molecule has 0 bridgehead atoms. The lowest BCUT2D eigenvalue weighted by molar-refractivity contribution is -0.133. The van der Waals surface area contributed by atoms with Crippen molar-refractivity contribution in [3.8, 4) is 6.07 Å². The molecule has 0 aliphatic carbocycles. The molecular weight excluding hydrogens is 463 g/mol. The van der Waals surface area contributed by atoms with E-state index in [1.807, 2.05) is 13.8 Å². The lowest BCUT2D eigenvalue weighted by Crippen LogP contribution is -2.53. The molecule has 192 valence electrons. The molecule has 0 aromatic heterocycles. The standard InChI is InChI=1S/C24H32F3N5O3/c1-13(2)7-21(29)24(35)30-14(3)23(34)31-16(8-15-9-19(26)20(27)11-18(15)25)10-22(33)32-6-4-5-17(32)12-28/h9,11,13-14,16-17,21H,4-8,10,29H2,1-3H3,(H,30,35)(H,31,34)/t14?,16-,17?,21?/m1/s1. The van der Waals surface area contributed by atoms with Crippen LogP contribution in [0.4, 0.5) is 13.2 Å². The molecule has 8 nitrogen and oxygen atoms in total. The van der Waals surface area contributed by atoms with Crippen molar-refractivity contribution in [3.63, 3.8) is 0 Å². The summed E-state index contributed by atoms with van der Waals surface area (Å²) in [4.78, 5) is 39.3. The molecule has 3 unspecified atom stereocenters. The van der Waals surface area contributed by atoms with Gasteiger partial charge in [-0.3, -0.25) is 14.4 Å².